The molecule has 0 saturated heterocycles. The molecule has 1 radical (unpaired) electrons. The number of primary amides is 1. The van der Waals surface area contributed by atoms with Crippen LogP contribution in [0.1, 0.15) is 0 Å². The van der Waals surface area contributed by atoms with E-state index in [9.17, 15) is 9.59 Å². The van der Waals surface area contributed by atoms with Crippen molar-refractivity contribution in [2.75, 3.05) is 0 Å². The number of carboxylic acid groups (broad SMARTS) is 1. The van der Waals surface area contributed by atoms with Crippen LogP contribution >= 0.6 is 0 Å². The molecular weight excluding hydrogens is 249 g/mol. The van der Waals surface area contributed by atoms with Gasteiger partial charge in [0.25, 0.3) is 0 Å². The largest absolute Gasteiger partial charge is 0.478 e. The third-order valence-electron chi connectivity index (χ3n) is 0.390. The van der Waals surface area contributed by atoms with Gasteiger partial charge in [0.1, 0.15) is 0 Å². The molecule has 0 unspecified atom stereocenters. The fourth-order valence-electron chi connectivity index (χ4n) is 0.153. The number of rotatable bonds is 2. The predicted octanol–water partition coefficient (Wildman–Crippen LogP) is -0.888. The Morgan fingerprint density at radius 3 is 1.89 bits per heavy atom. The molecule has 0 aliphatic rings. The van der Waals surface area contributed by atoms with Crippen LogP contribution in [-0.2, 0) is 9.59 Å². The molecule has 0 spiro atoms. The van der Waals surface area contributed by atoms with Crippen LogP contribution in [0.2, 0.25) is 0 Å². The molecule has 0 atom stereocenters. The fraction of sp³-hybridized carbons (Fsp3) is 0. The summed E-state index contributed by atoms with van der Waals surface area (Å²) in [7, 11) is 0. The molecule has 0 heterocycles. The van der Waals surface area contributed by atoms with Crippen LogP contribution in [0.4, 0.5) is 0 Å². The van der Waals surface area contributed by atoms with E-state index in [0.717, 1.165) is 6.08 Å². The van der Waals surface area contributed by atoms with Gasteiger partial charge in [-0.2, -0.15) is 0 Å². The number of hydrogen-bond donors (Lipinski definition) is 2. The summed E-state index contributed by atoms with van der Waals surface area (Å²) in [5.74, 6) is -1.93. The molecule has 0 bridgehead atoms. The van der Waals surface area contributed by atoms with Crippen molar-refractivity contribution in [1.29, 1.82) is 0 Å². The topological polar surface area (TPSA) is 80.4 Å². The number of hydrogen-bond acceptors (Lipinski definition) is 2. The minimum atomic E-state index is -1.18. The van der Waals surface area contributed by atoms with Crippen molar-refractivity contribution < 1.29 is 50.3 Å². The van der Waals surface area contributed by atoms with Crippen molar-refractivity contribution >= 4 is 11.9 Å². The van der Waals surface area contributed by atoms with E-state index in [-0.39, 0.29) is 35.6 Å². The molecule has 9 heavy (non-hydrogen) atoms. The Labute approximate surface area is 79.7 Å². The van der Waals surface area contributed by atoms with Gasteiger partial charge in [-0.25, -0.2) is 4.79 Å². The average molecular weight is 254 g/mol. The molecule has 0 aromatic rings. The summed E-state index contributed by atoms with van der Waals surface area (Å²) in [5.41, 5.74) is 4.55. The summed E-state index contributed by atoms with van der Waals surface area (Å²) in [6.07, 6.45) is 1.46. The van der Waals surface area contributed by atoms with Crippen LogP contribution in [0.15, 0.2) is 12.2 Å². The van der Waals surface area contributed by atoms with Gasteiger partial charge in [0.05, 0.1) is 0 Å². The van der Waals surface area contributed by atoms with Crippen LogP contribution in [0.3, 0.4) is 0 Å². The van der Waals surface area contributed by atoms with E-state index in [1.165, 1.54) is 0 Å². The number of carboxylic acids is 1. The minimum Gasteiger partial charge on any atom is -0.478 e. The summed E-state index contributed by atoms with van der Waals surface area (Å²) in [6, 6.07) is 0. The Bertz CT molecular complexity index is 127. The van der Waals surface area contributed by atoms with E-state index in [0.29, 0.717) is 6.08 Å². The standard InChI is InChI=1S/C4H5NO3.La/c5-3(6)1-2-4(7)8;/h1-2H,(H2,5,6)(H,7,8);/b2-1-;. The molecule has 5 heteroatoms. The summed E-state index contributed by atoms with van der Waals surface area (Å²) in [6.45, 7) is 0. The van der Waals surface area contributed by atoms with Crippen molar-refractivity contribution in [3.8, 4) is 0 Å². The maximum Gasteiger partial charge on any atom is 0.328 e. The Morgan fingerprint density at radius 1 is 1.33 bits per heavy atom. The molecule has 47 valence electrons. The number of carbonyl (C=O) groups excluding carboxylic acids is 1. The Kier molecular flexibility index (Phi) is 7.77. The zero-order valence-corrected chi connectivity index (χ0v) is 8.20. The first-order chi connectivity index (χ1) is 3.63. The van der Waals surface area contributed by atoms with Crippen molar-refractivity contribution in [3.63, 3.8) is 0 Å². The second kappa shape index (κ2) is 6.00. The molecule has 4 nitrogen and oxygen atoms in total. The third kappa shape index (κ3) is 11.4. The van der Waals surface area contributed by atoms with Crippen LogP contribution < -0.4 is 5.73 Å². The molecule has 0 aromatic heterocycles. The van der Waals surface area contributed by atoms with Gasteiger partial charge < -0.3 is 10.8 Å². The SMILES string of the molecule is NC(=O)/C=C\C(=O)O.[La]. The Morgan fingerprint density at radius 2 is 1.78 bits per heavy atom. The molecule has 0 saturated carbocycles. The molecule has 1 amide bonds. The van der Waals surface area contributed by atoms with E-state index < -0.39 is 11.9 Å². The molecule has 3 N–H and O–H groups in total. The van der Waals surface area contributed by atoms with Crippen molar-refractivity contribution in [2.24, 2.45) is 5.73 Å². The smallest absolute Gasteiger partial charge is 0.328 e. The number of amides is 1. The van der Waals surface area contributed by atoms with E-state index in [2.05, 4.69) is 5.73 Å². The first kappa shape index (κ1) is 11.6. The maximum absolute atomic E-state index is 9.78. The van der Waals surface area contributed by atoms with E-state index in [4.69, 9.17) is 5.11 Å². The number of carbonyl (C=O) groups is 2. The Balaban J connectivity index is 0. The molecule has 0 aliphatic heterocycles. The van der Waals surface area contributed by atoms with Crippen molar-refractivity contribution in [1.82, 2.24) is 0 Å². The van der Waals surface area contributed by atoms with Gasteiger partial charge in [-0.1, -0.05) is 0 Å². The van der Waals surface area contributed by atoms with Gasteiger partial charge >= 0.3 is 5.97 Å². The zero-order chi connectivity index (χ0) is 6.57. The van der Waals surface area contributed by atoms with E-state index in [1.807, 2.05) is 0 Å². The van der Waals surface area contributed by atoms with Gasteiger partial charge in [-0.3, -0.25) is 4.79 Å². The van der Waals surface area contributed by atoms with Gasteiger partial charge in [0.2, 0.25) is 5.91 Å². The van der Waals surface area contributed by atoms with Crippen molar-refractivity contribution in [2.45, 2.75) is 0 Å². The van der Waals surface area contributed by atoms with Gasteiger partial charge in [0, 0.05) is 47.8 Å². The summed E-state index contributed by atoms with van der Waals surface area (Å²) in [5, 5.41) is 7.87. The zero-order valence-electron chi connectivity index (χ0n) is 4.57. The fourth-order valence-corrected chi connectivity index (χ4v) is 0.153. The number of nitrogens with two attached hydrogens (primary N) is 1. The van der Waals surface area contributed by atoms with Crippen LogP contribution in [0, 0.1) is 35.6 Å². The van der Waals surface area contributed by atoms with Crippen LogP contribution in [-0.4, -0.2) is 17.0 Å². The number of aliphatic carboxylic acids is 1. The summed E-state index contributed by atoms with van der Waals surface area (Å²) >= 11 is 0. The molecule has 0 aliphatic carbocycles. The summed E-state index contributed by atoms with van der Waals surface area (Å²) < 4.78 is 0. The summed E-state index contributed by atoms with van der Waals surface area (Å²) in [4.78, 5) is 19.4. The van der Waals surface area contributed by atoms with Crippen LogP contribution in [0.5, 0.6) is 0 Å². The Hall–Kier alpha value is -0.125. The van der Waals surface area contributed by atoms with Gasteiger partial charge in [-0.15, -0.1) is 0 Å². The first-order valence-corrected chi connectivity index (χ1v) is 1.83. The van der Waals surface area contributed by atoms with E-state index in [1.54, 1.807) is 0 Å². The van der Waals surface area contributed by atoms with E-state index >= 15 is 0 Å². The normalized spacial score (nSPS) is 8.44. The quantitative estimate of drug-likeness (QED) is 0.627. The van der Waals surface area contributed by atoms with Gasteiger partial charge in [-0.05, 0) is 0 Å². The van der Waals surface area contributed by atoms with Gasteiger partial charge in [0.15, 0.2) is 0 Å². The predicted molar refractivity (Wildman–Crippen MR) is 26.0 cm³/mol. The third-order valence-corrected chi connectivity index (χ3v) is 0.390. The molecule has 0 aromatic carbocycles. The maximum atomic E-state index is 9.78. The first-order valence-electron chi connectivity index (χ1n) is 1.83. The monoisotopic (exact) mass is 254 g/mol. The van der Waals surface area contributed by atoms with Crippen molar-refractivity contribution in [3.05, 3.63) is 12.2 Å². The second-order valence-electron chi connectivity index (χ2n) is 1.07. The molecule has 0 fully saturated rings. The minimum absolute atomic E-state index is 0. The van der Waals surface area contributed by atoms with Crippen LogP contribution in [0.25, 0.3) is 0 Å². The average Bonchev–Trinajstić information content (AvgIpc) is 1.61. The molecule has 0 rings (SSSR count). The second-order valence-corrected chi connectivity index (χ2v) is 1.07. The molecular formula is C4H5LaNO3.